The predicted octanol–water partition coefficient (Wildman–Crippen LogP) is 5.54. The highest BCUT2D eigenvalue weighted by Crippen LogP contribution is 2.41. The summed E-state index contributed by atoms with van der Waals surface area (Å²) in [5.41, 5.74) is 11.1. The summed E-state index contributed by atoms with van der Waals surface area (Å²) in [5, 5.41) is 0. The smallest absolute Gasteiger partial charge is 0.000719 e. The zero-order valence-electron chi connectivity index (χ0n) is 12.5. The first kappa shape index (κ1) is 12.4. The van der Waals surface area contributed by atoms with Crippen molar-refractivity contribution in [1.29, 1.82) is 0 Å². The summed E-state index contributed by atoms with van der Waals surface area (Å²) in [4.78, 5) is 0. The van der Waals surface area contributed by atoms with Crippen molar-refractivity contribution in [2.24, 2.45) is 0 Å². The van der Waals surface area contributed by atoms with Crippen LogP contribution in [0.1, 0.15) is 22.3 Å². The number of hydrogen-bond acceptors (Lipinski definition) is 0. The zero-order chi connectivity index (χ0) is 14.4. The van der Waals surface area contributed by atoms with Gasteiger partial charge in [-0.3, -0.25) is 0 Å². The molecule has 3 aromatic rings. The molecule has 21 heavy (non-hydrogen) atoms. The van der Waals surface area contributed by atoms with E-state index in [9.17, 15) is 0 Å². The highest BCUT2D eigenvalue weighted by molar-refractivity contribution is 5.84. The van der Waals surface area contributed by atoms with E-state index in [-0.39, 0.29) is 0 Å². The van der Waals surface area contributed by atoms with Crippen molar-refractivity contribution in [1.82, 2.24) is 0 Å². The molecular weight excluding hydrogens is 252 g/mol. The maximum Gasteiger partial charge on any atom is -0.000719 e. The van der Waals surface area contributed by atoms with Crippen LogP contribution in [0.25, 0.3) is 22.3 Å². The Labute approximate surface area is 126 Å². The molecule has 102 valence electrons. The summed E-state index contributed by atoms with van der Waals surface area (Å²) < 4.78 is 0. The van der Waals surface area contributed by atoms with Crippen LogP contribution in [0.5, 0.6) is 0 Å². The SMILES string of the molecule is Cc1ccc(-c2cccc3c2Cc2cc(C)ccc2-3)cc1. The van der Waals surface area contributed by atoms with Gasteiger partial charge in [-0.15, -0.1) is 0 Å². The van der Waals surface area contributed by atoms with Crippen molar-refractivity contribution < 1.29 is 0 Å². The Morgan fingerprint density at radius 1 is 0.667 bits per heavy atom. The summed E-state index contributed by atoms with van der Waals surface area (Å²) >= 11 is 0. The van der Waals surface area contributed by atoms with Crippen LogP contribution in [0.15, 0.2) is 60.7 Å². The van der Waals surface area contributed by atoms with Gasteiger partial charge in [0.05, 0.1) is 0 Å². The molecule has 0 unspecified atom stereocenters. The Bertz CT molecular complexity index is 823. The van der Waals surface area contributed by atoms with Crippen LogP contribution in [0.3, 0.4) is 0 Å². The molecule has 0 radical (unpaired) electrons. The topological polar surface area (TPSA) is 0 Å². The molecule has 0 atom stereocenters. The van der Waals surface area contributed by atoms with Crippen molar-refractivity contribution in [3.8, 4) is 22.3 Å². The molecule has 0 saturated carbocycles. The number of rotatable bonds is 1. The fourth-order valence-corrected chi connectivity index (χ4v) is 3.36. The average Bonchev–Trinajstić information content (AvgIpc) is 2.85. The van der Waals surface area contributed by atoms with Crippen molar-refractivity contribution >= 4 is 0 Å². The lowest BCUT2D eigenvalue weighted by atomic mass is 9.95. The summed E-state index contributed by atoms with van der Waals surface area (Å²) in [6.07, 6.45) is 1.05. The fraction of sp³-hybridized carbons (Fsp3) is 0.143. The summed E-state index contributed by atoms with van der Waals surface area (Å²) in [6.45, 7) is 4.31. The van der Waals surface area contributed by atoms with Gasteiger partial charge in [0, 0.05) is 0 Å². The van der Waals surface area contributed by atoms with Gasteiger partial charge in [-0.05, 0) is 53.6 Å². The van der Waals surface area contributed by atoms with E-state index >= 15 is 0 Å². The van der Waals surface area contributed by atoms with Gasteiger partial charge >= 0.3 is 0 Å². The molecule has 0 aliphatic heterocycles. The van der Waals surface area contributed by atoms with E-state index in [1.807, 2.05) is 0 Å². The second-order valence-electron chi connectivity index (χ2n) is 6.04. The average molecular weight is 270 g/mol. The lowest BCUT2D eigenvalue weighted by molar-refractivity contribution is 1.25. The number of benzene rings is 3. The molecule has 4 rings (SSSR count). The molecule has 0 spiro atoms. The number of fused-ring (bicyclic) bond motifs is 3. The normalized spacial score (nSPS) is 12.1. The van der Waals surface area contributed by atoms with Gasteiger partial charge in [-0.25, -0.2) is 0 Å². The third-order valence-corrected chi connectivity index (χ3v) is 4.46. The highest BCUT2D eigenvalue weighted by atomic mass is 14.2. The molecule has 0 heterocycles. The van der Waals surface area contributed by atoms with Crippen molar-refractivity contribution in [3.63, 3.8) is 0 Å². The van der Waals surface area contributed by atoms with Crippen molar-refractivity contribution in [3.05, 3.63) is 82.9 Å². The van der Waals surface area contributed by atoms with Crippen LogP contribution in [0, 0.1) is 13.8 Å². The Morgan fingerprint density at radius 3 is 2.19 bits per heavy atom. The van der Waals surface area contributed by atoms with E-state index in [0.29, 0.717) is 0 Å². The minimum absolute atomic E-state index is 1.05. The predicted molar refractivity (Wildman–Crippen MR) is 89.6 cm³/mol. The van der Waals surface area contributed by atoms with Crippen LogP contribution in [0.2, 0.25) is 0 Å². The standard InChI is InChI=1S/C21H18/c1-14-6-9-16(10-7-14)18-4-3-5-20-19-11-8-15(2)12-17(19)13-21(18)20/h3-12H,13H2,1-2H3. The highest BCUT2D eigenvalue weighted by Gasteiger charge is 2.21. The zero-order valence-corrected chi connectivity index (χ0v) is 12.5. The molecule has 0 nitrogen and oxygen atoms in total. The van der Waals surface area contributed by atoms with Gasteiger partial charge in [0.15, 0.2) is 0 Å². The Balaban J connectivity index is 1.89. The number of aryl methyl sites for hydroxylation is 2. The monoisotopic (exact) mass is 270 g/mol. The first-order valence-corrected chi connectivity index (χ1v) is 7.51. The third-order valence-electron chi connectivity index (χ3n) is 4.46. The van der Waals surface area contributed by atoms with Gasteiger partial charge < -0.3 is 0 Å². The second-order valence-corrected chi connectivity index (χ2v) is 6.04. The molecule has 0 fully saturated rings. The van der Waals surface area contributed by atoms with Gasteiger partial charge in [0.2, 0.25) is 0 Å². The van der Waals surface area contributed by atoms with E-state index in [1.165, 1.54) is 44.5 Å². The van der Waals surface area contributed by atoms with E-state index in [1.54, 1.807) is 0 Å². The third kappa shape index (κ3) is 1.99. The Morgan fingerprint density at radius 2 is 1.38 bits per heavy atom. The minimum Gasteiger partial charge on any atom is -0.0610 e. The van der Waals surface area contributed by atoms with Crippen molar-refractivity contribution in [2.75, 3.05) is 0 Å². The molecule has 3 aromatic carbocycles. The molecule has 0 heteroatoms. The van der Waals surface area contributed by atoms with Gasteiger partial charge in [-0.1, -0.05) is 71.8 Å². The number of hydrogen-bond donors (Lipinski definition) is 0. The quantitative estimate of drug-likeness (QED) is 0.426. The molecule has 1 aliphatic carbocycles. The molecule has 0 amide bonds. The van der Waals surface area contributed by atoms with Crippen LogP contribution in [-0.4, -0.2) is 0 Å². The maximum atomic E-state index is 2.33. The van der Waals surface area contributed by atoms with Crippen LogP contribution < -0.4 is 0 Å². The van der Waals surface area contributed by atoms with Gasteiger partial charge in [-0.2, -0.15) is 0 Å². The molecule has 0 aromatic heterocycles. The second kappa shape index (κ2) is 4.60. The van der Waals surface area contributed by atoms with Crippen LogP contribution in [0.4, 0.5) is 0 Å². The molecule has 0 N–H and O–H groups in total. The lowest BCUT2D eigenvalue weighted by Crippen LogP contribution is -1.88. The first-order chi connectivity index (χ1) is 10.2. The lowest BCUT2D eigenvalue weighted by Gasteiger charge is -2.09. The summed E-state index contributed by atoms with van der Waals surface area (Å²) in [7, 11) is 0. The minimum atomic E-state index is 1.05. The molecule has 0 saturated heterocycles. The fourth-order valence-electron chi connectivity index (χ4n) is 3.36. The first-order valence-electron chi connectivity index (χ1n) is 7.51. The Kier molecular flexibility index (Phi) is 2.71. The van der Waals surface area contributed by atoms with E-state index in [4.69, 9.17) is 0 Å². The molecule has 0 bridgehead atoms. The van der Waals surface area contributed by atoms with Crippen LogP contribution >= 0.6 is 0 Å². The maximum absolute atomic E-state index is 2.33. The van der Waals surface area contributed by atoms with Crippen molar-refractivity contribution in [2.45, 2.75) is 20.3 Å². The largest absolute Gasteiger partial charge is 0.0610 e. The van der Waals surface area contributed by atoms with E-state index in [2.05, 4.69) is 74.5 Å². The Hall–Kier alpha value is -2.34. The van der Waals surface area contributed by atoms with E-state index in [0.717, 1.165) is 6.42 Å². The summed E-state index contributed by atoms with van der Waals surface area (Å²) in [5.74, 6) is 0. The molecule has 1 aliphatic rings. The van der Waals surface area contributed by atoms with Gasteiger partial charge in [0.25, 0.3) is 0 Å². The van der Waals surface area contributed by atoms with Crippen LogP contribution in [-0.2, 0) is 6.42 Å². The summed E-state index contributed by atoms with van der Waals surface area (Å²) in [6, 6.07) is 22.4. The van der Waals surface area contributed by atoms with E-state index < -0.39 is 0 Å². The molecular formula is C21H18. The van der Waals surface area contributed by atoms with Gasteiger partial charge in [0.1, 0.15) is 0 Å².